The summed E-state index contributed by atoms with van der Waals surface area (Å²) >= 11 is 5.47. The fraction of sp³-hybridized carbons (Fsp3) is 0. The summed E-state index contributed by atoms with van der Waals surface area (Å²) in [5.41, 5.74) is 6.19. The van der Waals surface area contributed by atoms with E-state index in [0.717, 1.165) is 8.04 Å². The van der Waals surface area contributed by atoms with Gasteiger partial charge in [0.25, 0.3) is 0 Å². The van der Waals surface area contributed by atoms with Crippen LogP contribution >= 0.6 is 38.5 Å². The summed E-state index contributed by atoms with van der Waals surface area (Å²) in [7, 11) is 0. The minimum Gasteiger partial charge on any atom is -0.397 e. The van der Waals surface area contributed by atoms with E-state index in [1.54, 1.807) is 12.4 Å². The van der Waals surface area contributed by atoms with Crippen molar-refractivity contribution >= 4 is 44.2 Å². The molecule has 0 spiro atoms. The van der Waals surface area contributed by atoms with Crippen LogP contribution in [0, 0.1) is 3.57 Å². The van der Waals surface area contributed by atoms with Crippen LogP contribution in [0.25, 0.3) is 0 Å². The van der Waals surface area contributed by atoms with Gasteiger partial charge in [-0.3, -0.25) is 4.98 Å². The molecule has 1 rings (SSSR count). The van der Waals surface area contributed by atoms with Crippen molar-refractivity contribution < 1.29 is 0 Å². The molecule has 0 aliphatic carbocycles. The summed E-state index contributed by atoms with van der Waals surface area (Å²) < 4.78 is 1.96. The van der Waals surface area contributed by atoms with Gasteiger partial charge in [-0.2, -0.15) is 0 Å². The van der Waals surface area contributed by atoms with Gasteiger partial charge in [0.1, 0.15) is 0 Å². The number of aromatic nitrogens is 1. The molecule has 1 heterocycles. The van der Waals surface area contributed by atoms with Crippen molar-refractivity contribution in [3.63, 3.8) is 0 Å². The summed E-state index contributed by atoms with van der Waals surface area (Å²) in [5.74, 6) is 0. The summed E-state index contributed by atoms with van der Waals surface area (Å²) in [6, 6.07) is 0. The Kier molecular flexibility index (Phi) is 2.29. The molecule has 0 unspecified atom stereocenters. The number of halogens is 2. The molecule has 0 fully saturated rings. The summed E-state index contributed by atoms with van der Waals surface area (Å²) in [5, 5.41) is 0. The molecule has 1 aromatic rings. The molecular weight excluding hydrogens is 295 g/mol. The van der Waals surface area contributed by atoms with E-state index in [1.165, 1.54) is 0 Å². The second-order valence-corrected chi connectivity index (χ2v) is 3.48. The number of rotatable bonds is 0. The molecule has 0 saturated carbocycles. The van der Waals surface area contributed by atoms with Crippen LogP contribution in [-0.2, 0) is 0 Å². The average Bonchev–Trinajstić information content (AvgIpc) is 1.83. The standard InChI is InChI=1S/C5H4BrIN2/c6-5-3(7)1-9-2-4(5)8/h1-2H,8H2. The highest BCUT2D eigenvalue weighted by molar-refractivity contribution is 14.1. The first-order valence-corrected chi connectivity index (χ1v) is 4.13. The first kappa shape index (κ1) is 7.27. The molecule has 0 aliphatic rings. The van der Waals surface area contributed by atoms with Crippen LogP contribution in [0.5, 0.6) is 0 Å². The molecule has 0 aromatic carbocycles. The van der Waals surface area contributed by atoms with Crippen LogP contribution in [0.15, 0.2) is 16.9 Å². The number of anilines is 1. The number of hydrogen-bond donors (Lipinski definition) is 1. The molecule has 0 aliphatic heterocycles. The Morgan fingerprint density at radius 3 is 2.67 bits per heavy atom. The second-order valence-electron chi connectivity index (χ2n) is 1.52. The van der Waals surface area contributed by atoms with Crippen molar-refractivity contribution in [1.82, 2.24) is 4.98 Å². The number of nitrogen functional groups attached to an aromatic ring is 1. The van der Waals surface area contributed by atoms with Gasteiger partial charge in [-0.25, -0.2) is 0 Å². The van der Waals surface area contributed by atoms with Gasteiger partial charge >= 0.3 is 0 Å². The molecule has 2 N–H and O–H groups in total. The third-order valence-electron chi connectivity index (χ3n) is 0.865. The van der Waals surface area contributed by atoms with Crippen LogP contribution in [0.4, 0.5) is 5.69 Å². The lowest BCUT2D eigenvalue weighted by Crippen LogP contribution is -1.89. The van der Waals surface area contributed by atoms with E-state index in [0.29, 0.717) is 5.69 Å². The lowest BCUT2D eigenvalue weighted by Gasteiger charge is -1.96. The zero-order valence-corrected chi connectivity index (χ0v) is 8.18. The smallest absolute Gasteiger partial charge is 0.0655 e. The fourth-order valence-electron chi connectivity index (χ4n) is 0.434. The molecule has 48 valence electrons. The van der Waals surface area contributed by atoms with E-state index in [1.807, 2.05) is 0 Å². The Hall–Kier alpha value is 0.160. The summed E-state index contributed by atoms with van der Waals surface area (Å²) in [6.45, 7) is 0. The van der Waals surface area contributed by atoms with Gasteiger partial charge in [-0.05, 0) is 38.5 Å². The van der Waals surface area contributed by atoms with Gasteiger partial charge in [-0.15, -0.1) is 0 Å². The van der Waals surface area contributed by atoms with Gasteiger partial charge in [0, 0.05) is 9.77 Å². The van der Waals surface area contributed by atoms with Crippen LogP contribution in [0.2, 0.25) is 0 Å². The van der Waals surface area contributed by atoms with Crippen molar-refractivity contribution in [2.24, 2.45) is 0 Å². The highest BCUT2D eigenvalue weighted by Gasteiger charge is 1.97. The highest BCUT2D eigenvalue weighted by atomic mass is 127. The van der Waals surface area contributed by atoms with E-state index in [9.17, 15) is 0 Å². The molecule has 0 amide bonds. The van der Waals surface area contributed by atoms with Crippen molar-refractivity contribution in [2.75, 3.05) is 5.73 Å². The number of hydrogen-bond acceptors (Lipinski definition) is 2. The van der Waals surface area contributed by atoms with Crippen LogP contribution in [0.3, 0.4) is 0 Å². The third kappa shape index (κ3) is 1.54. The lowest BCUT2D eigenvalue weighted by molar-refractivity contribution is 1.30. The molecule has 2 nitrogen and oxygen atoms in total. The maximum atomic E-state index is 5.51. The fourth-order valence-corrected chi connectivity index (χ4v) is 1.11. The normalized spacial score (nSPS) is 9.56. The van der Waals surface area contributed by atoms with Crippen LogP contribution in [0.1, 0.15) is 0 Å². The van der Waals surface area contributed by atoms with Gasteiger partial charge in [0.05, 0.1) is 16.4 Å². The predicted molar refractivity (Wildman–Crippen MR) is 49.1 cm³/mol. The Bertz CT molecular complexity index is 206. The first-order valence-electron chi connectivity index (χ1n) is 2.26. The van der Waals surface area contributed by atoms with Gasteiger partial charge in [-0.1, -0.05) is 0 Å². The average molecular weight is 299 g/mol. The molecular formula is C5H4BrIN2. The summed E-state index contributed by atoms with van der Waals surface area (Å²) in [4.78, 5) is 3.88. The molecule has 0 bridgehead atoms. The van der Waals surface area contributed by atoms with E-state index < -0.39 is 0 Å². The van der Waals surface area contributed by atoms with Crippen molar-refractivity contribution in [2.45, 2.75) is 0 Å². The van der Waals surface area contributed by atoms with Gasteiger partial charge in [0.15, 0.2) is 0 Å². The minimum absolute atomic E-state index is 0.682. The van der Waals surface area contributed by atoms with Crippen molar-refractivity contribution in [3.05, 3.63) is 20.4 Å². The maximum absolute atomic E-state index is 5.51. The SMILES string of the molecule is Nc1cncc(I)c1Br. The highest BCUT2D eigenvalue weighted by Crippen LogP contribution is 2.23. The molecule has 0 atom stereocenters. The Morgan fingerprint density at radius 1 is 1.56 bits per heavy atom. The zero-order chi connectivity index (χ0) is 6.85. The van der Waals surface area contributed by atoms with E-state index in [2.05, 4.69) is 43.5 Å². The van der Waals surface area contributed by atoms with E-state index >= 15 is 0 Å². The van der Waals surface area contributed by atoms with E-state index in [-0.39, 0.29) is 0 Å². The number of pyridine rings is 1. The molecule has 4 heteroatoms. The monoisotopic (exact) mass is 298 g/mol. The van der Waals surface area contributed by atoms with Crippen LogP contribution < -0.4 is 5.73 Å². The first-order chi connectivity index (χ1) is 4.22. The topological polar surface area (TPSA) is 38.9 Å². The van der Waals surface area contributed by atoms with Crippen LogP contribution in [-0.4, -0.2) is 4.98 Å². The number of nitrogens with two attached hydrogens (primary N) is 1. The number of nitrogens with zero attached hydrogens (tertiary/aromatic N) is 1. The molecule has 9 heavy (non-hydrogen) atoms. The minimum atomic E-state index is 0.682. The largest absolute Gasteiger partial charge is 0.397 e. The molecule has 0 saturated heterocycles. The zero-order valence-electron chi connectivity index (χ0n) is 4.44. The summed E-state index contributed by atoms with van der Waals surface area (Å²) in [6.07, 6.45) is 3.37. The molecule has 0 radical (unpaired) electrons. The Labute approximate surface area is 75.1 Å². The molecule has 1 aromatic heterocycles. The van der Waals surface area contributed by atoms with Crippen molar-refractivity contribution in [3.8, 4) is 0 Å². The quantitative estimate of drug-likeness (QED) is 0.745. The van der Waals surface area contributed by atoms with Crippen molar-refractivity contribution in [1.29, 1.82) is 0 Å². The Morgan fingerprint density at radius 2 is 2.22 bits per heavy atom. The third-order valence-corrected chi connectivity index (χ3v) is 3.31. The van der Waals surface area contributed by atoms with Gasteiger partial charge in [0.2, 0.25) is 0 Å². The lowest BCUT2D eigenvalue weighted by atomic mass is 10.4. The maximum Gasteiger partial charge on any atom is 0.0655 e. The second kappa shape index (κ2) is 2.83. The van der Waals surface area contributed by atoms with Gasteiger partial charge < -0.3 is 5.73 Å². The van der Waals surface area contributed by atoms with E-state index in [4.69, 9.17) is 5.73 Å². The predicted octanol–water partition coefficient (Wildman–Crippen LogP) is 2.03. The Balaban J connectivity index is 3.25.